The zero-order valence-electron chi connectivity index (χ0n) is 12.6. The highest BCUT2D eigenvalue weighted by Gasteiger charge is 2.17. The molecule has 0 saturated carbocycles. The van der Waals surface area contributed by atoms with Crippen LogP contribution in [0.1, 0.15) is 19.4 Å². The maximum atomic E-state index is 11.6. The third-order valence-electron chi connectivity index (χ3n) is 2.73. The Morgan fingerprint density at radius 1 is 1.27 bits per heavy atom. The fourth-order valence-electron chi connectivity index (χ4n) is 1.74. The Morgan fingerprint density at radius 3 is 2.55 bits per heavy atom. The SMILES string of the molecule is CC1=C=C(CNc2nc(S(C)(=O)=O)nc(Cl)c2C)SC(C)=N1. The van der Waals surface area contributed by atoms with Crippen LogP contribution in [0.5, 0.6) is 0 Å². The summed E-state index contributed by atoms with van der Waals surface area (Å²) in [5.41, 5.74) is 4.55. The van der Waals surface area contributed by atoms with E-state index in [-0.39, 0.29) is 10.3 Å². The molecule has 0 unspecified atom stereocenters. The maximum Gasteiger partial charge on any atom is 0.250 e. The smallest absolute Gasteiger partial charge is 0.250 e. The predicted octanol–water partition coefficient (Wildman–Crippen LogP) is 2.81. The van der Waals surface area contributed by atoms with Gasteiger partial charge in [0.15, 0.2) is 0 Å². The predicted molar refractivity (Wildman–Crippen MR) is 90.3 cm³/mol. The van der Waals surface area contributed by atoms with E-state index in [9.17, 15) is 8.42 Å². The fourth-order valence-corrected chi connectivity index (χ4v) is 3.36. The van der Waals surface area contributed by atoms with E-state index in [1.807, 2.05) is 13.8 Å². The molecule has 1 aliphatic rings. The zero-order valence-corrected chi connectivity index (χ0v) is 14.9. The summed E-state index contributed by atoms with van der Waals surface area (Å²) in [6.45, 7) is 5.97. The van der Waals surface area contributed by atoms with Crippen molar-refractivity contribution in [3.63, 3.8) is 0 Å². The van der Waals surface area contributed by atoms with Crippen molar-refractivity contribution < 1.29 is 8.42 Å². The number of sulfone groups is 1. The van der Waals surface area contributed by atoms with Gasteiger partial charge in [0.25, 0.3) is 0 Å². The summed E-state index contributed by atoms with van der Waals surface area (Å²) < 4.78 is 23.2. The minimum absolute atomic E-state index is 0.118. The van der Waals surface area contributed by atoms with E-state index in [0.29, 0.717) is 17.9 Å². The Bertz CT molecular complexity index is 825. The molecule has 0 saturated heterocycles. The molecule has 0 bridgehead atoms. The molecule has 0 aromatic carbocycles. The molecule has 0 fully saturated rings. The maximum absolute atomic E-state index is 11.6. The van der Waals surface area contributed by atoms with Crippen LogP contribution < -0.4 is 5.32 Å². The van der Waals surface area contributed by atoms with E-state index in [1.54, 1.807) is 6.92 Å². The first-order valence-corrected chi connectivity index (χ1v) is 9.43. The van der Waals surface area contributed by atoms with Gasteiger partial charge in [0.1, 0.15) is 11.0 Å². The molecule has 6 nitrogen and oxygen atoms in total. The van der Waals surface area contributed by atoms with Crippen LogP contribution in [0.2, 0.25) is 5.15 Å². The second-order valence-corrected chi connectivity index (χ2v) is 8.32. The first kappa shape index (κ1) is 17.0. The van der Waals surface area contributed by atoms with Gasteiger partial charge in [-0.1, -0.05) is 29.1 Å². The number of nitrogens with one attached hydrogen (secondary N) is 1. The molecular weight excluding hydrogens is 344 g/mol. The average Bonchev–Trinajstić information content (AvgIpc) is 2.38. The zero-order chi connectivity index (χ0) is 16.5. The van der Waals surface area contributed by atoms with Crippen LogP contribution in [-0.2, 0) is 9.84 Å². The molecule has 0 radical (unpaired) electrons. The van der Waals surface area contributed by atoms with Crippen LogP contribution in [0.25, 0.3) is 0 Å². The van der Waals surface area contributed by atoms with Crippen molar-refractivity contribution in [3.8, 4) is 0 Å². The van der Waals surface area contributed by atoms with Gasteiger partial charge in [-0.05, 0) is 20.8 Å². The van der Waals surface area contributed by atoms with Crippen molar-refractivity contribution in [2.45, 2.75) is 25.9 Å². The van der Waals surface area contributed by atoms with E-state index in [4.69, 9.17) is 11.6 Å². The number of halogens is 1. The van der Waals surface area contributed by atoms with E-state index >= 15 is 0 Å². The van der Waals surface area contributed by atoms with Crippen LogP contribution in [0.4, 0.5) is 5.82 Å². The van der Waals surface area contributed by atoms with Gasteiger partial charge in [-0.3, -0.25) is 0 Å². The van der Waals surface area contributed by atoms with Crippen molar-refractivity contribution in [1.82, 2.24) is 9.97 Å². The number of hydrogen-bond acceptors (Lipinski definition) is 7. The first-order valence-electron chi connectivity index (χ1n) is 6.34. The van der Waals surface area contributed by atoms with Gasteiger partial charge in [0.05, 0.1) is 22.2 Å². The Hall–Kier alpha value is -1.34. The molecule has 2 heterocycles. The van der Waals surface area contributed by atoms with Crippen molar-refractivity contribution >= 4 is 44.1 Å². The van der Waals surface area contributed by atoms with Gasteiger partial charge < -0.3 is 5.32 Å². The van der Waals surface area contributed by atoms with E-state index in [2.05, 4.69) is 26.0 Å². The normalized spacial score (nSPS) is 15.0. The summed E-state index contributed by atoms with van der Waals surface area (Å²) in [4.78, 5) is 13.1. The largest absolute Gasteiger partial charge is 0.364 e. The second-order valence-electron chi connectivity index (χ2n) is 4.76. The Kier molecular flexibility index (Phi) is 4.97. The number of hydrogen-bond donors (Lipinski definition) is 1. The molecular formula is C13H15ClN4O2S2. The average molecular weight is 359 g/mol. The standard InChI is InChI=1S/C13H15ClN4O2S2/c1-7-5-10(21-9(3)16-7)6-15-12-8(2)11(14)17-13(18-12)22(4,19)20/h6H2,1-4H3,(H,15,17,18). The third kappa shape index (κ3) is 4.10. The molecule has 22 heavy (non-hydrogen) atoms. The third-order valence-corrected chi connectivity index (χ3v) is 4.82. The van der Waals surface area contributed by atoms with Gasteiger partial charge in [-0.15, -0.1) is 0 Å². The molecule has 1 aromatic heterocycles. The molecule has 1 aliphatic heterocycles. The topological polar surface area (TPSA) is 84.3 Å². The summed E-state index contributed by atoms with van der Waals surface area (Å²) in [7, 11) is -3.52. The molecule has 1 aromatic rings. The van der Waals surface area contributed by atoms with Crippen molar-refractivity contribution in [3.05, 3.63) is 27.0 Å². The van der Waals surface area contributed by atoms with E-state index in [1.165, 1.54) is 11.8 Å². The van der Waals surface area contributed by atoms with E-state index < -0.39 is 9.84 Å². The number of aliphatic imine (C=N–C) groups is 1. The van der Waals surface area contributed by atoms with Crippen molar-refractivity contribution in [2.75, 3.05) is 18.1 Å². The summed E-state index contributed by atoms with van der Waals surface area (Å²) in [5.74, 6) is 0.396. The summed E-state index contributed by atoms with van der Waals surface area (Å²) in [6.07, 6.45) is 1.04. The highest BCUT2D eigenvalue weighted by Crippen LogP contribution is 2.25. The number of rotatable bonds is 4. The summed E-state index contributed by atoms with van der Waals surface area (Å²) >= 11 is 7.49. The molecule has 9 heteroatoms. The van der Waals surface area contributed by atoms with Crippen LogP contribution >= 0.6 is 23.4 Å². The van der Waals surface area contributed by atoms with Gasteiger partial charge in [0.2, 0.25) is 15.0 Å². The molecule has 2 rings (SSSR count). The lowest BCUT2D eigenvalue weighted by Gasteiger charge is -2.13. The Labute approximate surface area is 138 Å². The van der Waals surface area contributed by atoms with Crippen molar-refractivity contribution in [1.29, 1.82) is 0 Å². The number of anilines is 1. The minimum Gasteiger partial charge on any atom is -0.364 e. The molecule has 0 amide bonds. The summed E-state index contributed by atoms with van der Waals surface area (Å²) in [6, 6.07) is 0. The highest BCUT2D eigenvalue weighted by molar-refractivity contribution is 8.17. The molecule has 118 valence electrons. The molecule has 1 N–H and O–H groups in total. The Morgan fingerprint density at radius 2 is 1.95 bits per heavy atom. The molecule has 0 atom stereocenters. The quantitative estimate of drug-likeness (QED) is 0.506. The van der Waals surface area contributed by atoms with Crippen LogP contribution in [0, 0.1) is 6.92 Å². The number of aromatic nitrogens is 2. The number of thioether (sulfide) groups is 1. The molecule has 0 aliphatic carbocycles. The lowest BCUT2D eigenvalue weighted by molar-refractivity contribution is 0.593. The lowest BCUT2D eigenvalue weighted by Crippen LogP contribution is -2.12. The van der Waals surface area contributed by atoms with Crippen LogP contribution in [0.15, 0.2) is 26.5 Å². The molecule has 0 spiro atoms. The van der Waals surface area contributed by atoms with Gasteiger partial charge >= 0.3 is 0 Å². The number of nitrogens with zero attached hydrogens (tertiary/aromatic N) is 3. The lowest BCUT2D eigenvalue weighted by atomic mass is 10.3. The highest BCUT2D eigenvalue weighted by atomic mass is 35.5. The first-order chi connectivity index (χ1) is 10.2. The second kappa shape index (κ2) is 6.42. The van der Waals surface area contributed by atoms with Crippen LogP contribution in [0.3, 0.4) is 0 Å². The minimum atomic E-state index is -3.52. The Balaban J connectivity index is 2.28. The fraction of sp³-hybridized carbons (Fsp3) is 0.385. The monoisotopic (exact) mass is 358 g/mol. The summed E-state index contributed by atoms with van der Waals surface area (Å²) in [5, 5.41) is 3.85. The van der Waals surface area contributed by atoms with Crippen molar-refractivity contribution in [2.24, 2.45) is 4.99 Å². The van der Waals surface area contributed by atoms with Gasteiger partial charge in [0, 0.05) is 11.8 Å². The van der Waals surface area contributed by atoms with Gasteiger partial charge in [-0.2, -0.15) is 0 Å². The van der Waals surface area contributed by atoms with E-state index in [0.717, 1.165) is 21.9 Å². The van der Waals surface area contributed by atoms with Gasteiger partial charge in [-0.25, -0.2) is 23.4 Å². The van der Waals surface area contributed by atoms with Crippen LogP contribution in [-0.4, -0.2) is 36.2 Å².